The summed E-state index contributed by atoms with van der Waals surface area (Å²) in [6, 6.07) is 16.1. The number of nitrogens with zero attached hydrogens (tertiary/aromatic N) is 1. The molecule has 1 heterocycles. The minimum Gasteiger partial charge on any atom is -0.273 e. The normalized spacial score (nSPS) is 25.8. The van der Waals surface area contributed by atoms with E-state index in [1.54, 1.807) is 24.3 Å². The summed E-state index contributed by atoms with van der Waals surface area (Å²) in [5, 5.41) is 0. The van der Waals surface area contributed by atoms with Crippen LogP contribution in [0.1, 0.15) is 37.3 Å². The Balaban J connectivity index is 1.79. The minimum atomic E-state index is -3.83. The van der Waals surface area contributed by atoms with E-state index in [0.29, 0.717) is 6.42 Å². The second kappa shape index (κ2) is 5.95. The smallest absolute Gasteiger partial charge is 0.266 e. The van der Waals surface area contributed by atoms with E-state index >= 15 is 0 Å². The van der Waals surface area contributed by atoms with Crippen LogP contribution in [0.3, 0.4) is 0 Å². The number of carbonyl (C=O) groups is 1. The van der Waals surface area contributed by atoms with Gasteiger partial charge in [-0.2, -0.15) is 0 Å². The lowest BCUT2D eigenvalue weighted by Gasteiger charge is -2.55. The Morgan fingerprint density at radius 3 is 2.19 bits per heavy atom. The van der Waals surface area contributed by atoms with Gasteiger partial charge in [-0.05, 0) is 49.8 Å². The highest BCUT2D eigenvalue weighted by Crippen LogP contribution is 2.55. The number of amides is 1. The van der Waals surface area contributed by atoms with E-state index in [4.69, 9.17) is 0 Å². The van der Waals surface area contributed by atoms with Crippen LogP contribution in [0.2, 0.25) is 0 Å². The highest BCUT2D eigenvalue weighted by atomic mass is 32.2. The first-order valence-electron chi connectivity index (χ1n) is 9.14. The zero-order valence-corrected chi connectivity index (χ0v) is 15.9. The van der Waals surface area contributed by atoms with Gasteiger partial charge < -0.3 is 0 Å². The summed E-state index contributed by atoms with van der Waals surface area (Å²) in [5.41, 5.74) is 1.20. The van der Waals surface area contributed by atoms with E-state index in [9.17, 15) is 13.2 Å². The van der Waals surface area contributed by atoms with E-state index < -0.39 is 15.4 Å². The molecule has 0 unspecified atom stereocenters. The zero-order valence-electron chi connectivity index (χ0n) is 15.1. The molecule has 2 atom stereocenters. The van der Waals surface area contributed by atoms with Crippen molar-refractivity contribution in [2.75, 3.05) is 0 Å². The fraction of sp³-hybridized carbons (Fsp3) is 0.381. The van der Waals surface area contributed by atoms with Crippen LogP contribution in [0.4, 0.5) is 0 Å². The Morgan fingerprint density at radius 2 is 1.65 bits per heavy atom. The second-order valence-corrected chi connectivity index (χ2v) is 9.21. The van der Waals surface area contributed by atoms with Crippen molar-refractivity contribution >= 4 is 15.9 Å². The van der Waals surface area contributed by atoms with E-state index in [0.717, 1.165) is 24.0 Å². The summed E-state index contributed by atoms with van der Waals surface area (Å²) in [5.74, 6) is -0.0308. The SMILES string of the molecule is CC[C@]1(c2ccccc2)C(=O)N(S(=O)(=O)c2ccc(C)cc2)[C@H]1C1CC1. The third kappa shape index (κ3) is 2.33. The van der Waals surface area contributed by atoms with Crippen molar-refractivity contribution in [2.24, 2.45) is 5.92 Å². The van der Waals surface area contributed by atoms with Crippen molar-refractivity contribution in [3.05, 3.63) is 65.7 Å². The Hall–Kier alpha value is -2.14. The average molecular weight is 369 g/mol. The average Bonchev–Trinajstić information content (AvgIpc) is 3.46. The number of β-lactam (4-membered cyclic amide) rings is 1. The predicted octanol–water partition coefficient (Wildman–Crippen LogP) is 3.65. The lowest BCUT2D eigenvalue weighted by atomic mass is 9.64. The summed E-state index contributed by atoms with van der Waals surface area (Å²) in [4.78, 5) is 13.5. The largest absolute Gasteiger partial charge is 0.273 e. The van der Waals surface area contributed by atoms with Gasteiger partial charge in [0.15, 0.2) is 0 Å². The summed E-state index contributed by atoms with van der Waals surface area (Å²) in [6.07, 6.45) is 2.57. The number of hydrogen-bond acceptors (Lipinski definition) is 3. The topological polar surface area (TPSA) is 54.5 Å². The highest BCUT2D eigenvalue weighted by Gasteiger charge is 2.68. The Bertz CT molecular complexity index is 933. The molecule has 1 amide bonds. The van der Waals surface area contributed by atoms with Crippen LogP contribution < -0.4 is 0 Å². The van der Waals surface area contributed by atoms with Gasteiger partial charge >= 0.3 is 0 Å². The quantitative estimate of drug-likeness (QED) is 0.756. The molecule has 2 aromatic rings. The van der Waals surface area contributed by atoms with Gasteiger partial charge in [0.05, 0.1) is 16.4 Å². The fourth-order valence-corrected chi connectivity index (χ4v) is 6.01. The monoisotopic (exact) mass is 369 g/mol. The van der Waals surface area contributed by atoms with Crippen LogP contribution in [0.5, 0.6) is 0 Å². The molecule has 2 aliphatic rings. The molecule has 1 aliphatic heterocycles. The molecule has 4 nitrogen and oxygen atoms in total. The molecular weight excluding hydrogens is 346 g/mol. The van der Waals surface area contributed by atoms with Crippen LogP contribution in [0, 0.1) is 12.8 Å². The molecule has 5 heteroatoms. The maximum Gasteiger partial charge on any atom is 0.266 e. The molecule has 2 aromatic carbocycles. The van der Waals surface area contributed by atoms with Crippen molar-refractivity contribution in [1.82, 2.24) is 4.31 Å². The molecule has 26 heavy (non-hydrogen) atoms. The summed E-state index contributed by atoms with van der Waals surface area (Å²) < 4.78 is 27.6. The van der Waals surface area contributed by atoms with Crippen LogP contribution in [-0.2, 0) is 20.2 Å². The van der Waals surface area contributed by atoms with Gasteiger partial charge in [0.2, 0.25) is 5.91 Å². The molecule has 0 N–H and O–H groups in total. The summed E-state index contributed by atoms with van der Waals surface area (Å²) >= 11 is 0. The van der Waals surface area contributed by atoms with Crippen LogP contribution in [-0.4, -0.2) is 24.7 Å². The van der Waals surface area contributed by atoms with E-state index in [-0.39, 0.29) is 22.8 Å². The number of carbonyl (C=O) groups excluding carboxylic acids is 1. The van der Waals surface area contributed by atoms with Crippen LogP contribution >= 0.6 is 0 Å². The van der Waals surface area contributed by atoms with Gasteiger partial charge in [-0.1, -0.05) is 55.0 Å². The first-order chi connectivity index (χ1) is 12.4. The Labute approximate surface area is 154 Å². The van der Waals surface area contributed by atoms with Crippen molar-refractivity contribution in [3.63, 3.8) is 0 Å². The van der Waals surface area contributed by atoms with Crippen molar-refractivity contribution in [2.45, 2.75) is 49.5 Å². The third-order valence-electron chi connectivity index (χ3n) is 5.83. The standard InChI is InChI=1S/C21H23NO3S/c1-3-21(17-7-5-4-6-8-17)19(16-11-12-16)22(20(21)23)26(24,25)18-13-9-15(2)10-14-18/h4-10,13-14,16,19H,3,11-12H2,1-2H3/t19-,21+/m0/s1. The van der Waals surface area contributed by atoms with Crippen molar-refractivity contribution in [3.8, 4) is 0 Å². The molecule has 136 valence electrons. The summed E-state index contributed by atoms with van der Waals surface area (Å²) in [7, 11) is -3.83. The Kier molecular flexibility index (Phi) is 3.95. The molecule has 0 bridgehead atoms. The second-order valence-electron chi connectivity index (χ2n) is 7.39. The lowest BCUT2D eigenvalue weighted by Crippen LogP contribution is -2.73. The number of sulfonamides is 1. The van der Waals surface area contributed by atoms with E-state index in [2.05, 4.69) is 0 Å². The highest BCUT2D eigenvalue weighted by molar-refractivity contribution is 7.89. The van der Waals surface area contributed by atoms with E-state index in [1.165, 1.54) is 4.31 Å². The number of benzene rings is 2. The molecule has 1 saturated carbocycles. The lowest BCUT2D eigenvalue weighted by molar-refractivity contribution is -0.152. The number of hydrogen-bond donors (Lipinski definition) is 0. The molecule has 0 spiro atoms. The maximum absolute atomic E-state index is 13.3. The molecule has 2 fully saturated rings. The number of rotatable bonds is 5. The van der Waals surface area contributed by atoms with Gasteiger partial charge in [0.1, 0.15) is 0 Å². The molecular formula is C21H23NO3S. The third-order valence-corrected chi connectivity index (χ3v) is 7.61. The summed E-state index contributed by atoms with van der Waals surface area (Å²) in [6.45, 7) is 3.89. The van der Waals surface area contributed by atoms with Crippen LogP contribution in [0.15, 0.2) is 59.5 Å². The maximum atomic E-state index is 13.3. The fourth-order valence-electron chi connectivity index (χ4n) is 4.27. The zero-order chi connectivity index (χ0) is 18.5. The molecule has 4 rings (SSSR count). The Morgan fingerprint density at radius 1 is 1.04 bits per heavy atom. The molecule has 1 aliphatic carbocycles. The van der Waals surface area contributed by atoms with Crippen molar-refractivity contribution in [1.29, 1.82) is 0 Å². The first kappa shape index (κ1) is 17.3. The minimum absolute atomic E-state index is 0.194. The van der Waals surface area contributed by atoms with Gasteiger partial charge in [0, 0.05) is 0 Å². The predicted molar refractivity (Wildman–Crippen MR) is 100 cm³/mol. The van der Waals surface area contributed by atoms with Gasteiger partial charge in [-0.15, -0.1) is 0 Å². The van der Waals surface area contributed by atoms with Gasteiger partial charge in [-0.3, -0.25) is 4.79 Å². The number of aryl methyl sites for hydroxylation is 1. The van der Waals surface area contributed by atoms with Crippen molar-refractivity contribution < 1.29 is 13.2 Å². The first-order valence-corrected chi connectivity index (χ1v) is 10.6. The molecule has 1 saturated heterocycles. The molecule has 0 radical (unpaired) electrons. The van der Waals surface area contributed by atoms with Gasteiger partial charge in [-0.25, -0.2) is 12.7 Å². The van der Waals surface area contributed by atoms with E-state index in [1.807, 2.05) is 44.2 Å². The van der Waals surface area contributed by atoms with Gasteiger partial charge in [0.25, 0.3) is 10.0 Å². The van der Waals surface area contributed by atoms with Crippen LogP contribution in [0.25, 0.3) is 0 Å². The molecule has 0 aromatic heterocycles.